The predicted molar refractivity (Wildman–Crippen MR) is 193 cm³/mol. The average molecular weight is 679 g/mol. The van der Waals surface area contributed by atoms with Gasteiger partial charge in [-0.1, -0.05) is 66.7 Å². The van der Waals surface area contributed by atoms with Gasteiger partial charge < -0.3 is 21.1 Å². The molecule has 4 aromatic rings. The molecule has 4 aromatic carbocycles. The fourth-order valence-electron chi connectivity index (χ4n) is 6.79. The van der Waals surface area contributed by atoms with Crippen LogP contribution in [-0.4, -0.2) is 53.5 Å². The van der Waals surface area contributed by atoms with Gasteiger partial charge in [0.05, 0.1) is 6.04 Å². The van der Waals surface area contributed by atoms with Crippen LogP contribution < -0.4 is 20.9 Å². The number of piperidine rings is 1. The number of nitrogens with zero attached hydrogens (tertiary/aromatic N) is 1. The summed E-state index contributed by atoms with van der Waals surface area (Å²) in [6.45, 7) is 3.55. The molecule has 4 atom stereocenters. The summed E-state index contributed by atoms with van der Waals surface area (Å²) >= 11 is 0. The van der Waals surface area contributed by atoms with E-state index in [1.807, 2.05) is 30.3 Å². The van der Waals surface area contributed by atoms with Gasteiger partial charge in [0, 0.05) is 34.6 Å². The number of hydrogen-bond acceptors (Lipinski definition) is 5. The molecule has 0 saturated carbocycles. The first-order valence-corrected chi connectivity index (χ1v) is 16.9. The summed E-state index contributed by atoms with van der Waals surface area (Å²) in [5, 5.41) is 20.3. The molecule has 0 aliphatic carbocycles. The molecule has 0 aromatic heterocycles. The van der Waals surface area contributed by atoms with Crippen LogP contribution in [0.25, 0.3) is 0 Å². The fraction of sp³-hybridized carbons (Fsp3) is 0.300. The Labute approximate surface area is 291 Å². The van der Waals surface area contributed by atoms with Crippen molar-refractivity contribution < 1.29 is 28.7 Å². The Balaban J connectivity index is 1.48. The highest BCUT2D eigenvalue weighted by Gasteiger charge is 2.37. The van der Waals surface area contributed by atoms with Crippen LogP contribution in [0.15, 0.2) is 103 Å². The second-order valence-electron chi connectivity index (χ2n) is 13.0. The number of carbonyl (C=O) groups is 4. The van der Waals surface area contributed by atoms with E-state index >= 15 is 0 Å². The van der Waals surface area contributed by atoms with Gasteiger partial charge in [-0.2, -0.15) is 0 Å². The summed E-state index contributed by atoms with van der Waals surface area (Å²) in [6.07, 6.45) is 1.70. The summed E-state index contributed by atoms with van der Waals surface area (Å²) < 4.78 is 13.6. The number of nitrogens with one attached hydrogen (secondary N) is 3. The maximum Gasteiger partial charge on any atom is 0.412 e. The summed E-state index contributed by atoms with van der Waals surface area (Å²) in [4.78, 5) is 52.3. The first kappa shape index (κ1) is 35.9. The Morgan fingerprint density at radius 1 is 0.860 bits per heavy atom. The van der Waals surface area contributed by atoms with Crippen molar-refractivity contribution in [1.29, 1.82) is 0 Å². The van der Waals surface area contributed by atoms with Crippen LogP contribution >= 0.6 is 0 Å². The molecule has 0 bridgehead atoms. The Bertz CT molecular complexity index is 1800. The highest BCUT2D eigenvalue weighted by molar-refractivity contribution is 5.97. The molecule has 1 heterocycles. The predicted octanol–water partition coefficient (Wildman–Crippen LogP) is 7.52. The van der Waals surface area contributed by atoms with Gasteiger partial charge in [0.1, 0.15) is 5.82 Å². The van der Waals surface area contributed by atoms with Crippen molar-refractivity contribution in [3.63, 3.8) is 0 Å². The van der Waals surface area contributed by atoms with Crippen molar-refractivity contribution in [3.8, 4) is 0 Å². The van der Waals surface area contributed by atoms with Crippen LogP contribution in [0.2, 0.25) is 0 Å². The van der Waals surface area contributed by atoms with Crippen LogP contribution in [-0.2, 0) is 12.8 Å². The molecule has 1 aliphatic heterocycles. The number of anilines is 2. The van der Waals surface area contributed by atoms with Gasteiger partial charge in [-0.05, 0) is 106 Å². The number of amides is 3. The number of halogens is 1. The molecule has 0 spiro atoms. The SMILES string of the molecule is CC(=O)c1cccc(NC(=O)NC(Cc2ccccc2)CC(C2CC(Cc3ccc(F)cc3)CCN2)N(C(=O)O)c2cccc(C(C)=O)c2)c1. The lowest BCUT2D eigenvalue weighted by Gasteiger charge is -2.42. The lowest BCUT2D eigenvalue weighted by Crippen LogP contribution is -2.58. The molecular formula is C40H43FN4O5. The molecule has 1 aliphatic rings. The van der Waals surface area contributed by atoms with Gasteiger partial charge in [0.15, 0.2) is 11.6 Å². The number of ketones is 2. The topological polar surface area (TPSA) is 128 Å². The molecule has 50 heavy (non-hydrogen) atoms. The Kier molecular flexibility index (Phi) is 12.1. The lowest BCUT2D eigenvalue weighted by molar-refractivity contribution is 0.100. The first-order valence-electron chi connectivity index (χ1n) is 16.9. The van der Waals surface area contributed by atoms with Gasteiger partial charge in [0.25, 0.3) is 0 Å². The van der Waals surface area contributed by atoms with E-state index in [2.05, 4.69) is 16.0 Å². The van der Waals surface area contributed by atoms with E-state index in [9.17, 15) is 28.7 Å². The number of hydrogen-bond donors (Lipinski definition) is 4. The third kappa shape index (κ3) is 9.85. The van der Waals surface area contributed by atoms with E-state index in [-0.39, 0.29) is 35.8 Å². The standard InChI is InChI=1S/C40H43FN4O5/c1-26(46)31-10-6-12-34(23-31)43-39(48)44-35(21-28-8-4-3-5-9-28)25-38(45(40(49)50)36-13-7-11-32(24-36)27(2)47)37-22-30(18-19-42-37)20-29-14-16-33(41)17-15-29/h3-17,23-24,30,35,37-38,42H,18-22,25H2,1-2H3,(H,49,50)(H2,43,44,48). The molecule has 1 saturated heterocycles. The van der Waals surface area contributed by atoms with Crippen molar-refractivity contribution >= 4 is 35.1 Å². The maximum absolute atomic E-state index is 13.6. The zero-order valence-corrected chi connectivity index (χ0v) is 28.3. The van der Waals surface area contributed by atoms with Gasteiger partial charge in [0.2, 0.25) is 0 Å². The maximum atomic E-state index is 13.6. The van der Waals surface area contributed by atoms with Crippen LogP contribution in [0.4, 0.5) is 25.4 Å². The largest absolute Gasteiger partial charge is 0.465 e. The van der Waals surface area contributed by atoms with Gasteiger partial charge in [-0.25, -0.2) is 14.0 Å². The Morgan fingerprint density at radius 3 is 2.22 bits per heavy atom. The van der Waals surface area contributed by atoms with E-state index in [4.69, 9.17) is 0 Å². The highest BCUT2D eigenvalue weighted by atomic mass is 19.1. The summed E-state index contributed by atoms with van der Waals surface area (Å²) in [5.41, 5.74) is 3.64. The number of benzene rings is 4. The van der Waals surface area contributed by atoms with E-state index in [1.54, 1.807) is 60.7 Å². The third-order valence-electron chi connectivity index (χ3n) is 9.23. The number of carbonyl (C=O) groups excluding carboxylic acids is 3. The van der Waals surface area contributed by atoms with Gasteiger partial charge >= 0.3 is 12.1 Å². The average Bonchev–Trinajstić information content (AvgIpc) is 3.09. The summed E-state index contributed by atoms with van der Waals surface area (Å²) in [5.74, 6) is -0.405. The molecule has 4 N–H and O–H groups in total. The molecule has 3 amide bonds. The van der Waals surface area contributed by atoms with E-state index in [0.717, 1.165) is 17.5 Å². The van der Waals surface area contributed by atoms with Crippen molar-refractivity contribution in [3.05, 3.63) is 131 Å². The smallest absolute Gasteiger partial charge is 0.412 e. The summed E-state index contributed by atoms with van der Waals surface area (Å²) in [7, 11) is 0. The zero-order valence-electron chi connectivity index (χ0n) is 28.3. The van der Waals surface area contributed by atoms with Crippen LogP contribution in [0.3, 0.4) is 0 Å². The second kappa shape index (κ2) is 16.8. The Morgan fingerprint density at radius 2 is 1.54 bits per heavy atom. The third-order valence-corrected chi connectivity index (χ3v) is 9.23. The number of urea groups is 1. The van der Waals surface area contributed by atoms with Gasteiger partial charge in [-0.15, -0.1) is 0 Å². The molecule has 9 nitrogen and oxygen atoms in total. The van der Waals surface area contributed by atoms with Crippen LogP contribution in [0, 0.1) is 11.7 Å². The lowest BCUT2D eigenvalue weighted by atomic mass is 9.82. The van der Waals surface area contributed by atoms with Crippen LogP contribution in [0.1, 0.15) is 65.0 Å². The minimum Gasteiger partial charge on any atom is -0.465 e. The quantitative estimate of drug-likeness (QED) is 0.108. The Hall–Kier alpha value is -5.35. The normalized spacial score (nSPS) is 16.9. The molecule has 1 fully saturated rings. The van der Waals surface area contributed by atoms with Crippen molar-refractivity contribution in [2.45, 2.75) is 64.1 Å². The van der Waals surface area contributed by atoms with Gasteiger partial charge in [-0.3, -0.25) is 14.5 Å². The monoisotopic (exact) mass is 678 g/mol. The second-order valence-corrected chi connectivity index (χ2v) is 13.0. The van der Waals surface area contributed by atoms with Crippen LogP contribution in [0.5, 0.6) is 0 Å². The molecular weight excluding hydrogens is 635 g/mol. The van der Waals surface area contributed by atoms with E-state index < -0.39 is 24.2 Å². The molecule has 4 unspecified atom stereocenters. The van der Waals surface area contributed by atoms with E-state index in [0.29, 0.717) is 48.3 Å². The number of Topliss-reactive ketones (excluding diaryl/α,β-unsaturated/α-hetero) is 2. The number of carboxylic acid groups (broad SMARTS) is 1. The van der Waals surface area contributed by atoms with Crippen molar-refractivity contribution in [2.24, 2.45) is 5.92 Å². The zero-order chi connectivity index (χ0) is 35.6. The molecule has 0 radical (unpaired) electrons. The first-order chi connectivity index (χ1) is 24.0. The van der Waals surface area contributed by atoms with Crippen molar-refractivity contribution in [2.75, 3.05) is 16.8 Å². The molecule has 10 heteroatoms. The summed E-state index contributed by atoms with van der Waals surface area (Å²) in [6, 6.07) is 27.4. The van der Waals surface area contributed by atoms with E-state index in [1.165, 1.54) is 30.9 Å². The minimum atomic E-state index is -1.18. The van der Waals surface area contributed by atoms with Crippen molar-refractivity contribution in [1.82, 2.24) is 10.6 Å². The minimum absolute atomic E-state index is 0.126. The molecule has 5 rings (SSSR count). The number of rotatable bonds is 13. The molecule has 260 valence electrons. The highest BCUT2D eigenvalue weighted by Crippen LogP contribution is 2.30. The fourth-order valence-corrected chi connectivity index (χ4v) is 6.79.